The molecule has 2 atom stereocenters. The molecule has 3 aliphatic rings. The van der Waals surface area contributed by atoms with E-state index >= 15 is 0 Å². The number of anilines is 1. The van der Waals surface area contributed by atoms with Crippen molar-refractivity contribution in [1.29, 1.82) is 0 Å². The molecular weight excluding hydrogens is 716 g/mol. The van der Waals surface area contributed by atoms with Crippen LogP contribution >= 0.6 is 11.6 Å². The van der Waals surface area contributed by atoms with Gasteiger partial charge in [0.1, 0.15) is 22.7 Å². The van der Waals surface area contributed by atoms with E-state index in [9.17, 15) is 14.7 Å². The Morgan fingerprint density at radius 2 is 1.78 bits per heavy atom. The molecule has 11 nitrogen and oxygen atoms in total. The third-order valence-corrected chi connectivity index (χ3v) is 12.0. The van der Waals surface area contributed by atoms with Crippen molar-refractivity contribution >= 4 is 46.0 Å². The van der Waals surface area contributed by atoms with Gasteiger partial charge < -0.3 is 29.4 Å². The molecule has 55 heavy (non-hydrogen) atoms. The first-order valence-corrected chi connectivity index (χ1v) is 19.7. The lowest BCUT2D eigenvalue weighted by atomic mass is 9.70. The zero-order valence-electron chi connectivity index (χ0n) is 32.6. The number of fused-ring (bicyclic) bond motifs is 1. The maximum absolute atomic E-state index is 12.7. The summed E-state index contributed by atoms with van der Waals surface area (Å²) in [5, 5.41) is 11.5. The third-order valence-electron chi connectivity index (χ3n) is 11.7. The van der Waals surface area contributed by atoms with Gasteiger partial charge in [0.25, 0.3) is 0 Å². The number of halogens is 1. The van der Waals surface area contributed by atoms with Crippen molar-refractivity contribution in [3.8, 4) is 11.5 Å². The van der Waals surface area contributed by atoms with Crippen molar-refractivity contribution in [1.82, 2.24) is 24.7 Å². The number of nitrogens with one attached hydrogen (secondary N) is 1. The summed E-state index contributed by atoms with van der Waals surface area (Å²) in [4.78, 5) is 41.3. The molecular formula is C43H53ClN6O5. The van der Waals surface area contributed by atoms with Crippen LogP contribution in [-0.2, 0) is 4.74 Å². The van der Waals surface area contributed by atoms with E-state index in [0.717, 1.165) is 86.8 Å². The molecule has 292 valence electrons. The van der Waals surface area contributed by atoms with Crippen LogP contribution in [0.5, 0.6) is 11.5 Å². The molecule has 0 unspecified atom stereocenters. The van der Waals surface area contributed by atoms with Crippen LogP contribution in [-0.4, -0.2) is 114 Å². The average Bonchev–Trinajstić information content (AvgIpc) is 3.63. The second kappa shape index (κ2) is 15.9. The lowest BCUT2D eigenvalue weighted by Crippen LogP contribution is -2.60. The van der Waals surface area contributed by atoms with E-state index in [2.05, 4.69) is 64.5 Å². The first kappa shape index (κ1) is 38.7. The summed E-state index contributed by atoms with van der Waals surface area (Å²) >= 11 is 6.33. The van der Waals surface area contributed by atoms with Crippen molar-refractivity contribution in [2.24, 2.45) is 10.8 Å². The van der Waals surface area contributed by atoms with Gasteiger partial charge in [-0.15, -0.1) is 0 Å². The van der Waals surface area contributed by atoms with E-state index in [1.165, 1.54) is 23.8 Å². The van der Waals surface area contributed by atoms with Gasteiger partial charge in [-0.05, 0) is 77.6 Å². The van der Waals surface area contributed by atoms with Gasteiger partial charge in [0.2, 0.25) is 0 Å². The highest BCUT2D eigenvalue weighted by molar-refractivity contribution is 6.30. The van der Waals surface area contributed by atoms with Gasteiger partial charge in [-0.3, -0.25) is 9.80 Å². The number of piperazine rings is 2. The van der Waals surface area contributed by atoms with Crippen LogP contribution in [0.15, 0.2) is 72.6 Å². The number of hydrogen-bond donors (Lipinski definition) is 2. The molecule has 2 aliphatic heterocycles. The van der Waals surface area contributed by atoms with E-state index < -0.39 is 12.1 Å². The monoisotopic (exact) mass is 768 g/mol. The van der Waals surface area contributed by atoms with Crippen LogP contribution in [0.2, 0.25) is 5.02 Å². The molecule has 4 aromatic rings. The molecule has 12 heteroatoms. The Kier molecular flexibility index (Phi) is 11.2. The topological polar surface area (TPSA) is 114 Å². The number of methoxy groups -OCH3 is 1. The highest BCUT2D eigenvalue weighted by Crippen LogP contribution is 2.45. The van der Waals surface area contributed by atoms with Crippen LogP contribution in [0.1, 0.15) is 62.9 Å². The fourth-order valence-corrected chi connectivity index (χ4v) is 8.83. The fraction of sp³-hybridized carbons (Fsp3) is 0.465. The van der Waals surface area contributed by atoms with Crippen LogP contribution < -0.4 is 9.64 Å². The lowest BCUT2D eigenvalue weighted by molar-refractivity contribution is -0.00510. The SMILES string of the molecule is COC(=O)c1ccc(N2CCN(CC3=C(c4ccc(Cl)cc4)CC[C@@](C)(CN4CCN(C(=O)O)C[C@H]4C(C)(C)C)C3)CC2)cc1Oc1cnc2[nH]ccc2c1. The van der Waals surface area contributed by atoms with E-state index in [-0.39, 0.29) is 16.9 Å². The summed E-state index contributed by atoms with van der Waals surface area (Å²) < 4.78 is 11.4. The summed E-state index contributed by atoms with van der Waals surface area (Å²) in [7, 11) is 1.38. The number of H-pyrrole nitrogens is 1. The Bertz CT molecular complexity index is 2050. The number of ether oxygens (including phenoxy) is 2. The van der Waals surface area contributed by atoms with Crippen molar-refractivity contribution in [3.63, 3.8) is 0 Å². The van der Waals surface area contributed by atoms with Crippen molar-refractivity contribution in [3.05, 3.63) is 88.7 Å². The molecule has 0 bridgehead atoms. The number of aromatic nitrogens is 2. The van der Waals surface area contributed by atoms with Gasteiger partial charge in [0, 0.05) is 93.3 Å². The molecule has 1 aliphatic carbocycles. The van der Waals surface area contributed by atoms with Gasteiger partial charge in [0.05, 0.1) is 13.3 Å². The molecule has 2 saturated heterocycles. The van der Waals surface area contributed by atoms with Gasteiger partial charge in [-0.2, -0.15) is 0 Å². The van der Waals surface area contributed by atoms with E-state index in [4.69, 9.17) is 21.1 Å². The molecule has 2 aromatic heterocycles. The normalized spacial score (nSPS) is 21.6. The summed E-state index contributed by atoms with van der Waals surface area (Å²) in [5.41, 5.74) is 6.27. The average molecular weight is 769 g/mol. The summed E-state index contributed by atoms with van der Waals surface area (Å²) in [5.74, 6) is 0.517. The number of hydrogen-bond acceptors (Lipinski definition) is 8. The standard InChI is InChI=1S/C43H53ClN6O5/c1-42(2,3)38-27-49(41(52)53)20-21-50(38)28-43(4)14-12-35(29-6-8-32(44)9-7-29)31(24-43)26-47-16-18-48(19-17-47)33-10-11-36(40(51)54-5)37(23-33)55-34-22-30-13-15-45-39(30)46-25-34/h6-11,13,15,22-23,25,38H,12,14,16-21,24,26-28H2,1-5H3,(H,45,46)(H,52,53)/t38-,43+/m0/s1. The molecule has 4 heterocycles. The van der Waals surface area contributed by atoms with E-state index in [1.54, 1.807) is 17.2 Å². The maximum Gasteiger partial charge on any atom is 0.407 e. The van der Waals surface area contributed by atoms with E-state index in [1.807, 2.05) is 42.6 Å². The summed E-state index contributed by atoms with van der Waals surface area (Å²) in [6.45, 7) is 16.2. The number of nitrogens with zero attached hydrogens (tertiary/aromatic N) is 5. The largest absolute Gasteiger partial charge is 0.465 e. The number of carboxylic acid groups (broad SMARTS) is 1. The number of carbonyl (C=O) groups excluding carboxylic acids is 1. The van der Waals surface area contributed by atoms with Crippen molar-refractivity contribution < 1.29 is 24.2 Å². The summed E-state index contributed by atoms with van der Waals surface area (Å²) in [6.07, 6.45) is 5.70. The Morgan fingerprint density at radius 3 is 2.49 bits per heavy atom. The third kappa shape index (κ3) is 8.79. The van der Waals surface area contributed by atoms with Gasteiger partial charge in [0.15, 0.2) is 0 Å². The summed E-state index contributed by atoms with van der Waals surface area (Å²) in [6, 6.07) is 18.0. The highest BCUT2D eigenvalue weighted by atomic mass is 35.5. The molecule has 1 amide bonds. The van der Waals surface area contributed by atoms with Gasteiger partial charge >= 0.3 is 12.1 Å². The number of pyridine rings is 1. The predicted molar refractivity (Wildman–Crippen MR) is 217 cm³/mol. The number of rotatable bonds is 9. The number of carbonyl (C=O) groups is 2. The minimum atomic E-state index is -0.828. The van der Waals surface area contributed by atoms with Crippen LogP contribution in [0.4, 0.5) is 10.5 Å². The number of allylic oxidation sites excluding steroid dienone is 1. The second-order valence-corrected chi connectivity index (χ2v) is 17.2. The number of benzene rings is 2. The first-order chi connectivity index (χ1) is 26.3. The van der Waals surface area contributed by atoms with Crippen molar-refractivity contribution in [2.75, 3.05) is 70.9 Å². The lowest BCUT2D eigenvalue weighted by Gasteiger charge is -2.50. The van der Waals surface area contributed by atoms with Crippen LogP contribution in [0.3, 0.4) is 0 Å². The quantitative estimate of drug-likeness (QED) is 0.163. The zero-order chi connectivity index (χ0) is 38.9. The number of aromatic amines is 1. The molecule has 0 saturated carbocycles. The Labute approximate surface area is 328 Å². The first-order valence-electron chi connectivity index (χ1n) is 19.3. The highest BCUT2D eigenvalue weighted by Gasteiger charge is 2.41. The smallest absolute Gasteiger partial charge is 0.407 e. The molecule has 2 fully saturated rings. The van der Waals surface area contributed by atoms with Gasteiger partial charge in [-0.1, -0.05) is 57.0 Å². The van der Waals surface area contributed by atoms with Gasteiger partial charge in [-0.25, -0.2) is 14.6 Å². The molecule has 2 aromatic carbocycles. The minimum Gasteiger partial charge on any atom is -0.465 e. The molecule has 2 N–H and O–H groups in total. The molecule has 0 spiro atoms. The Morgan fingerprint density at radius 1 is 1.02 bits per heavy atom. The predicted octanol–water partition coefficient (Wildman–Crippen LogP) is 8.27. The van der Waals surface area contributed by atoms with E-state index in [0.29, 0.717) is 30.2 Å². The number of esters is 1. The Hall–Kier alpha value is -4.58. The molecule has 0 radical (unpaired) electrons. The molecule has 7 rings (SSSR count). The second-order valence-electron chi connectivity index (χ2n) is 16.8. The minimum absolute atomic E-state index is 0.0491. The van der Waals surface area contributed by atoms with Crippen LogP contribution in [0, 0.1) is 10.8 Å². The van der Waals surface area contributed by atoms with Crippen molar-refractivity contribution in [2.45, 2.75) is 53.0 Å². The Balaban J connectivity index is 1.07. The zero-order valence-corrected chi connectivity index (χ0v) is 33.4. The fourth-order valence-electron chi connectivity index (χ4n) is 8.70. The maximum atomic E-state index is 12.7. The van der Waals surface area contributed by atoms with Crippen LogP contribution in [0.25, 0.3) is 16.6 Å². The number of amides is 1.